The zero-order valence-electron chi connectivity index (χ0n) is 25.0. The van der Waals surface area contributed by atoms with E-state index in [9.17, 15) is 30.4 Å². The summed E-state index contributed by atoms with van der Waals surface area (Å²) in [4.78, 5) is 15.5. The molecule has 0 aliphatic heterocycles. The zero-order valence-corrected chi connectivity index (χ0v) is 28.2. The smallest absolute Gasteiger partial charge is 0.387 e. The van der Waals surface area contributed by atoms with Gasteiger partial charge in [-0.25, -0.2) is 21.8 Å². The third-order valence-corrected chi connectivity index (χ3v) is 9.68. The van der Waals surface area contributed by atoms with Crippen molar-refractivity contribution in [3.63, 3.8) is 0 Å². The first kappa shape index (κ1) is 38.2. The minimum Gasteiger partial charge on any atom is -0.870 e. The largest absolute Gasteiger partial charge is 0.870 e. The van der Waals surface area contributed by atoms with Gasteiger partial charge in [-0.3, -0.25) is 4.79 Å². The molecule has 12 nitrogen and oxygen atoms in total. The van der Waals surface area contributed by atoms with Crippen LogP contribution in [0.5, 0.6) is 17.2 Å². The predicted molar refractivity (Wildman–Crippen MR) is 166 cm³/mol. The van der Waals surface area contributed by atoms with Gasteiger partial charge in [0, 0.05) is 23.8 Å². The average molecular weight is 742 g/mol. The number of aromatic amines is 1. The molecular weight excluding hydrogens is 709 g/mol. The van der Waals surface area contributed by atoms with Crippen molar-refractivity contribution >= 4 is 49.0 Å². The number of benzene rings is 2. The van der Waals surface area contributed by atoms with Crippen LogP contribution in [-0.4, -0.2) is 61.4 Å². The number of carbonyl (C=O) groups is 1. The van der Waals surface area contributed by atoms with Crippen LogP contribution in [0.4, 0.5) is 8.78 Å². The number of nitrogens with one attached hydrogen (secondary N) is 2. The van der Waals surface area contributed by atoms with Gasteiger partial charge in [0.2, 0.25) is 10.0 Å². The Morgan fingerprint density at radius 3 is 2.28 bits per heavy atom. The molecule has 1 aliphatic carbocycles. The summed E-state index contributed by atoms with van der Waals surface area (Å²) in [6.45, 7) is -3.64. The highest BCUT2D eigenvalue weighted by Crippen LogP contribution is 2.37. The van der Waals surface area contributed by atoms with Gasteiger partial charge in [-0.2, -0.15) is 13.5 Å². The third kappa shape index (κ3) is 11.1. The second-order valence-corrected chi connectivity index (χ2v) is 15.2. The van der Waals surface area contributed by atoms with Crippen LogP contribution in [0.2, 0.25) is 10.0 Å². The van der Waals surface area contributed by atoms with Crippen molar-refractivity contribution in [2.45, 2.75) is 42.6 Å². The van der Waals surface area contributed by atoms with Gasteiger partial charge >= 0.3 is 12.6 Å². The summed E-state index contributed by atoms with van der Waals surface area (Å²) in [5.41, 5.74) is 0.818. The molecule has 47 heavy (non-hydrogen) atoms. The van der Waals surface area contributed by atoms with Crippen molar-refractivity contribution in [1.29, 1.82) is 0 Å². The molecule has 4 rings (SSSR count). The van der Waals surface area contributed by atoms with Crippen LogP contribution in [0.15, 0.2) is 53.7 Å². The van der Waals surface area contributed by atoms with E-state index < -0.39 is 50.8 Å². The number of carbonyl (C=O) groups excluding carboxylic acids is 1. The summed E-state index contributed by atoms with van der Waals surface area (Å²) in [5, 5.41) is 0.447. The molecule has 2 aromatic carbocycles. The standard InChI is InChI=1S/C29H30Cl2F2N2O9S2.H2O/c1-41-24-8-6-20(9-19(24)16-45(2,37)38)46(39,40)35-14-28(36)43-26(11-21-22(30)12-34-13-23(21)31)18-5-7-25(44-29(32)33)27(10-18)42-15-17-3-4-17;/h5-10,12-13,17,26,29,35H,3-4,11,14-16H2,1-2H3;1H2/t26-;/m0./s1. The van der Waals surface area contributed by atoms with Crippen molar-refractivity contribution in [2.75, 3.05) is 26.5 Å². The number of methoxy groups -OCH3 is 1. The molecule has 0 radical (unpaired) electrons. The Balaban J connectivity index is 0.00000600. The van der Waals surface area contributed by atoms with Gasteiger partial charge in [0.25, 0.3) is 0 Å². The van der Waals surface area contributed by atoms with Crippen molar-refractivity contribution in [3.05, 3.63) is 75.5 Å². The van der Waals surface area contributed by atoms with Crippen LogP contribution in [0, 0.1) is 5.92 Å². The molecule has 0 spiro atoms. The highest BCUT2D eigenvalue weighted by molar-refractivity contribution is 7.90. The Hall–Kier alpha value is -3.28. The maximum absolute atomic E-state index is 13.1. The summed E-state index contributed by atoms with van der Waals surface area (Å²) in [7, 11) is -6.54. The molecule has 1 fully saturated rings. The first-order chi connectivity index (χ1) is 21.6. The van der Waals surface area contributed by atoms with Crippen LogP contribution in [0.25, 0.3) is 0 Å². The Morgan fingerprint density at radius 2 is 1.68 bits per heavy atom. The van der Waals surface area contributed by atoms with Gasteiger partial charge in [0.05, 0.1) is 24.4 Å². The number of pyridine rings is 1. The lowest BCUT2D eigenvalue weighted by Crippen LogP contribution is -2.31. The van der Waals surface area contributed by atoms with E-state index in [0.29, 0.717) is 11.1 Å². The van der Waals surface area contributed by atoms with Crippen molar-refractivity contribution in [3.8, 4) is 17.2 Å². The fraction of sp³-hybridized carbons (Fsp3) is 0.379. The Bertz CT molecular complexity index is 1770. The fourth-order valence-corrected chi connectivity index (χ4v) is 6.70. The molecule has 258 valence electrons. The molecule has 1 saturated carbocycles. The fourth-order valence-electron chi connectivity index (χ4n) is 4.36. The van der Waals surface area contributed by atoms with Crippen molar-refractivity contribution in [1.82, 2.24) is 4.72 Å². The number of halogens is 4. The van der Waals surface area contributed by atoms with E-state index in [2.05, 4.69) is 14.4 Å². The van der Waals surface area contributed by atoms with E-state index in [0.717, 1.165) is 25.2 Å². The lowest BCUT2D eigenvalue weighted by Gasteiger charge is -2.21. The molecule has 18 heteroatoms. The zero-order chi connectivity index (χ0) is 33.6. The topological polar surface area (TPSA) is 178 Å². The van der Waals surface area contributed by atoms with Gasteiger partial charge in [0.1, 0.15) is 28.4 Å². The molecule has 0 amide bonds. The summed E-state index contributed by atoms with van der Waals surface area (Å²) in [6.07, 6.45) is 4.61. The molecule has 0 saturated heterocycles. The summed E-state index contributed by atoms with van der Waals surface area (Å²) >= 11 is 12.7. The number of H-pyrrole nitrogens is 1. The number of aromatic nitrogens is 1. The Kier molecular flexibility index (Phi) is 13.2. The quantitative estimate of drug-likeness (QED) is 0.207. The van der Waals surface area contributed by atoms with E-state index in [1.807, 2.05) is 0 Å². The average Bonchev–Trinajstić information content (AvgIpc) is 3.80. The first-order valence-electron chi connectivity index (χ1n) is 13.7. The second-order valence-electron chi connectivity index (χ2n) is 10.5. The van der Waals surface area contributed by atoms with Gasteiger partial charge in [-0.15, -0.1) is 0 Å². The van der Waals surface area contributed by atoms with Gasteiger partial charge < -0.3 is 24.4 Å². The predicted octanol–water partition coefficient (Wildman–Crippen LogP) is 4.38. The van der Waals surface area contributed by atoms with Crippen LogP contribution < -0.4 is 23.9 Å². The normalized spacial score (nSPS) is 13.9. The molecule has 3 aromatic rings. The molecule has 3 N–H and O–H groups in total. The van der Waals surface area contributed by atoms with Gasteiger partial charge in [-0.05, 0) is 54.7 Å². The molecule has 1 aromatic heterocycles. The number of hydrogen-bond acceptors (Lipinski definition) is 10. The van der Waals surface area contributed by atoms with Crippen molar-refractivity contribution in [2.24, 2.45) is 5.92 Å². The van der Waals surface area contributed by atoms with Crippen molar-refractivity contribution < 1.29 is 59.8 Å². The summed E-state index contributed by atoms with van der Waals surface area (Å²) < 4.78 is 99.3. The number of rotatable bonds is 16. The van der Waals surface area contributed by atoms with Crippen LogP contribution in [0.3, 0.4) is 0 Å². The van der Waals surface area contributed by atoms with Gasteiger partial charge in [-0.1, -0.05) is 29.3 Å². The number of hydrogen-bond donors (Lipinski definition) is 1. The Morgan fingerprint density at radius 1 is 1.02 bits per heavy atom. The van der Waals surface area contributed by atoms with Gasteiger partial charge in [0.15, 0.2) is 33.7 Å². The second kappa shape index (κ2) is 16.2. The lowest BCUT2D eigenvalue weighted by molar-refractivity contribution is -0.377. The first-order valence-corrected chi connectivity index (χ1v) is 18.0. The number of sulfonamides is 1. The number of sulfone groups is 1. The summed E-state index contributed by atoms with van der Waals surface area (Å²) in [5.74, 6) is -1.21. The van der Waals surface area contributed by atoms with E-state index in [1.54, 1.807) is 0 Å². The number of ether oxygens (including phenoxy) is 4. The molecule has 1 heterocycles. The molecule has 1 atom stereocenters. The highest BCUT2D eigenvalue weighted by atomic mass is 35.5. The molecule has 0 bridgehead atoms. The van der Waals surface area contributed by atoms with Crippen LogP contribution >= 0.6 is 23.2 Å². The molecule has 0 unspecified atom stereocenters. The van der Waals surface area contributed by atoms with E-state index in [-0.39, 0.29) is 62.2 Å². The third-order valence-electron chi connectivity index (χ3n) is 6.77. The monoisotopic (exact) mass is 740 g/mol. The number of alkyl halides is 2. The summed E-state index contributed by atoms with van der Waals surface area (Å²) in [6, 6.07) is 7.70. The molecule has 1 aliphatic rings. The van der Waals surface area contributed by atoms with E-state index >= 15 is 0 Å². The van der Waals surface area contributed by atoms with Crippen LogP contribution in [-0.2, 0) is 41.6 Å². The highest BCUT2D eigenvalue weighted by Gasteiger charge is 2.27. The maximum atomic E-state index is 13.1. The minimum atomic E-state index is -4.32. The van der Waals surface area contributed by atoms with E-state index in [4.69, 9.17) is 37.4 Å². The SMILES string of the molecule is COc1ccc(S(=O)(=O)NCC(=O)O[C@@H](Cc2c(Cl)c[nH+]cc2Cl)c2ccc(OC(F)F)c(OCC3CC3)c2)cc1CS(C)(=O)=O.[OH-]. The maximum Gasteiger partial charge on any atom is 0.387 e. The number of esters is 1. The molecular formula is C29H32Cl2F2N2O10S2. The van der Waals surface area contributed by atoms with Crippen LogP contribution in [0.1, 0.15) is 35.6 Å². The van der Waals surface area contributed by atoms with E-state index in [1.165, 1.54) is 49.8 Å². The Labute approximate surface area is 280 Å². The lowest BCUT2D eigenvalue weighted by atomic mass is 10.0. The minimum absolute atomic E-state index is 0.